The summed E-state index contributed by atoms with van der Waals surface area (Å²) in [7, 11) is 0. The predicted molar refractivity (Wildman–Crippen MR) is 78.0 cm³/mol. The van der Waals surface area contributed by atoms with E-state index in [-0.39, 0.29) is 24.5 Å². The number of hydrogen-bond donors (Lipinski definition) is 2. The van der Waals surface area contributed by atoms with Crippen LogP contribution in [0.1, 0.15) is 10.4 Å². The molecular weight excluding hydrogens is 329 g/mol. The molecule has 0 saturated carbocycles. The molecule has 128 valence electrons. The number of benzene rings is 1. The quantitative estimate of drug-likeness (QED) is 0.788. The molecule has 9 heteroatoms. The Morgan fingerprint density at radius 3 is 2.42 bits per heavy atom. The van der Waals surface area contributed by atoms with Crippen molar-refractivity contribution in [2.24, 2.45) is 0 Å². The Morgan fingerprint density at radius 2 is 1.79 bits per heavy atom. The smallest absolute Gasteiger partial charge is 0.492 e. The summed E-state index contributed by atoms with van der Waals surface area (Å²) in [5, 5.41) is 2.50. The van der Waals surface area contributed by atoms with E-state index in [1.165, 1.54) is 30.5 Å². The molecule has 0 aliphatic heterocycles. The molecule has 0 atom stereocenters. The fourth-order valence-electron chi connectivity index (χ4n) is 1.77. The first kappa shape index (κ1) is 17.4. The van der Waals surface area contributed by atoms with Crippen LogP contribution in [0.25, 0.3) is 0 Å². The standard InChI is InChI=1S/C15H13F3N2O4/c16-15(17,18)24-11-5-3-10(4-6-11)23-9-8-20-14(22)12-2-1-7-19-13(12)21/h1-7H,8-9H2,(H,19,21)(H,20,22). The van der Waals surface area contributed by atoms with E-state index in [1.54, 1.807) is 0 Å². The van der Waals surface area contributed by atoms with Crippen molar-refractivity contribution >= 4 is 5.91 Å². The third-order valence-electron chi connectivity index (χ3n) is 2.78. The number of ether oxygens (including phenoxy) is 2. The van der Waals surface area contributed by atoms with Gasteiger partial charge in [0.2, 0.25) is 0 Å². The van der Waals surface area contributed by atoms with E-state index < -0.39 is 17.8 Å². The Morgan fingerprint density at radius 1 is 1.12 bits per heavy atom. The number of rotatable bonds is 6. The molecule has 0 unspecified atom stereocenters. The van der Waals surface area contributed by atoms with Gasteiger partial charge in [-0.1, -0.05) is 0 Å². The van der Waals surface area contributed by atoms with Crippen molar-refractivity contribution in [2.45, 2.75) is 6.36 Å². The van der Waals surface area contributed by atoms with Gasteiger partial charge in [0.05, 0.1) is 6.54 Å². The van der Waals surface area contributed by atoms with E-state index in [4.69, 9.17) is 4.74 Å². The number of alkyl halides is 3. The van der Waals surface area contributed by atoms with Gasteiger partial charge in [-0.2, -0.15) is 0 Å². The van der Waals surface area contributed by atoms with Crippen molar-refractivity contribution in [2.75, 3.05) is 13.2 Å². The molecule has 1 aromatic heterocycles. The fourth-order valence-corrected chi connectivity index (χ4v) is 1.77. The zero-order valence-corrected chi connectivity index (χ0v) is 12.2. The maximum atomic E-state index is 12.0. The number of pyridine rings is 1. The molecule has 6 nitrogen and oxygen atoms in total. The first-order chi connectivity index (χ1) is 11.3. The molecule has 0 bridgehead atoms. The van der Waals surface area contributed by atoms with Crippen LogP contribution in [-0.2, 0) is 0 Å². The summed E-state index contributed by atoms with van der Waals surface area (Å²) in [5.41, 5.74) is -0.526. The zero-order chi connectivity index (χ0) is 17.6. The van der Waals surface area contributed by atoms with E-state index in [1.807, 2.05) is 0 Å². The Kier molecular flexibility index (Phi) is 5.46. The molecule has 1 aromatic carbocycles. The molecule has 1 heterocycles. The first-order valence-corrected chi connectivity index (χ1v) is 6.80. The fraction of sp³-hybridized carbons (Fsp3) is 0.200. The highest BCUT2D eigenvalue weighted by molar-refractivity contribution is 5.93. The number of carbonyl (C=O) groups excluding carboxylic acids is 1. The Bertz CT molecular complexity index is 741. The van der Waals surface area contributed by atoms with Gasteiger partial charge in [-0.05, 0) is 36.4 Å². The minimum Gasteiger partial charge on any atom is -0.492 e. The summed E-state index contributed by atoms with van der Waals surface area (Å²) < 4.78 is 45.0. The molecule has 0 fully saturated rings. The van der Waals surface area contributed by atoms with Crippen LogP contribution >= 0.6 is 0 Å². The topological polar surface area (TPSA) is 80.4 Å². The summed E-state index contributed by atoms with van der Waals surface area (Å²) in [4.78, 5) is 25.5. The average Bonchev–Trinajstić information content (AvgIpc) is 2.52. The van der Waals surface area contributed by atoms with Gasteiger partial charge < -0.3 is 19.8 Å². The first-order valence-electron chi connectivity index (χ1n) is 6.80. The number of halogens is 3. The molecule has 2 N–H and O–H groups in total. The minimum absolute atomic E-state index is 0.0221. The van der Waals surface area contributed by atoms with Gasteiger partial charge in [0.1, 0.15) is 23.7 Å². The average molecular weight is 342 g/mol. The second kappa shape index (κ2) is 7.53. The number of amides is 1. The lowest BCUT2D eigenvalue weighted by Crippen LogP contribution is -2.32. The third kappa shape index (κ3) is 5.34. The summed E-state index contributed by atoms with van der Waals surface area (Å²) >= 11 is 0. The van der Waals surface area contributed by atoms with Crippen LogP contribution < -0.4 is 20.3 Å². The highest BCUT2D eigenvalue weighted by Gasteiger charge is 2.30. The predicted octanol–water partition coefficient (Wildman–Crippen LogP) is 2.08. The lowest BCUT2D eigenvalue weighted by Gasteiger charge is -2.10. The monoisotopic (exact) mass is 342 g/mol. The molecule has 0 aliphatic carbocycles. The molecule has 0 spiro atoms. The van der Waals surface area contributed by atoms with Crippen molar-refractivity contribution in [1.29, 1.82) is 0 Å². The summed E-state index contributed by atoms with van der Waals surface area (Å²) in [6.45, 7) is 0.198. The maximum absolute atomic E-state index is 12.0. The van der Waals surface area contributed by atoms with Gasteiger partial charge in [-0.25, -0.2) is 0 Å². The highest BCUT2D eigenvalue weighted by atomic mass is 19.4. The van der Waals surface area contributed by atoms with Gasteiger partial charge in [0, 0.05) is 6.20 Å². The summed E-state index contributed by atoms with van der Waals surface area (Å²) in [6, 6.07) is 7.76. The molecular formula is C15H13F3N2O4. The van der Waals surface area contributed by atoms with Crippen molar-refractivity contribution < 1.29 is 27.4 Å². The molecule has 2 rings (SSSR count). The molecule has 2 aromatic rings. The van der Waals surface area contributed by atoms with Gasteiger partial charge in [-0.3, -0.25) is 9.59 Å². The molecule has 0 radical (unpaired) electrons. The zero-order valence-electron chi connectivity index (χ0n) is 12.2. The minimum atomic E-state index is -4.75. The number of hydrogen-bond acceptors (Lipinski definition) is 4. The SMILES string of the molecule is O=C(NCCOc1ccc(OC(F)(F)F)cc1)c1ccc[nH]c1=O. The highest BCUT2D eigenvalue weighted by Crippen LogP contribution is 2.24. The van der Waals surface area contributed by atoms with Crippen molar-refractivity contribution in [3.8, 4) is 11.5 Å². The van der Waals surface area contributed by atoms with Crippen LogP contribution in [0, 0.1) is 0 Å². The second-order valence-electron chi connectivity index (χ2n) is 4.54. The van der Waals surface area contributed by atoms with Gasteiger partial charge in [0.15, 0.2) is 0 Å². The van der Waals surface area contributed by atoms with Crippen molar-refractivity contribution in [1.82, 2.24) is 10.3 Å². The van der Waals surface area contributed by atoms with Crippen LogP contribution in [0.15, 0.2) is 47.4 Å². The van der Waals surface area contributed by atoms with E-state index in [0.717, 1.165) is 12.1 Å². The Balaban J connectivity index is 1.77. The summed E-state index contributed by atoms with van der Waals surface area (Å²) in [5.74, 6) is -0.586. The third-order valence-corrected chi connectivity index (χ3v) is 2.78. The van der Waals surface area contributed by atoms with Gasteiger partial charge in [-0.15, -0.1) is 13.2 Å². The Labute approximate surface area is 134 Å². The van der Waals surface area contributed by atoms with E-state index in [2.05, 4.69) is 15.0 Å². The molecule has 24 heavy (non-hydrogen) atoms. The normalized spacial score (nSPS) is 11.0. The van der Waals surface area contributed by atoms with E-state index >= 15 is 0 Å². The maximum Gasteiger partial charge on any atom is 0.573 e. The van der Waals surface area contributed by atoms with Crippen LogP contribution in [-0.4, -0.2) is 30.4 Å². The molecule has 0 saturated heterocycles. The second-order valence-corrected chi connectivity index (χ2v) is 4.54. The number of nitrogens with one attached hydrogen (secondary N) is 2. The lowest BCUT2D eigenvalue weighted by molar-refractivity contribution is -0.274. The van der Waals surface area contributed by atoms with Crippen LogP contribution in [0.2, 0.25) is 0 Å². The van der Waals surface area contributed by atoms with E-state index in [9.17, 15) is 22.8 Å². The molecule has 1 amide bonds. The van der Waals surface area contributed by atoms with Crippen LogP contribution in [0.5, 0.6) is 11.5 Å². The van der Waals surface area contributed by atoms with Gasteiger partial charge in [0.25, 0.3) is 11.5 Å². The largest absolute Gasteiger partial charge is 0.573 e. The Hall–Kier alpha value is -2.97. The number of H-pyrrole nitrogens is 1. The number of carbonyl (C=O) groups is 1. The van der Waals surface area contributed by atoms with Crippen LogP contribution in [0.4, 0.5) is 13.2 Å². The van der Waals surface area contributed by atoms with E-state index in [0.29, 0.717) is 5.75 Å². The van der Waals surface area contributed by atoms with Gasteiger partial charge >= 0.3 is 6.36 Å². The summed E-state index contributed by atoms with van der Waals surface area (Å²) in [6.07, 6.45) is -3.34. The molecule has 0 aliphatic rings. The van der Waals surface area contributed by atoms with Crippen molar-refractivity contribution in [3.05, 3.63) is 58.5 Å². The van der Waals surface area contributed by atoms with Crippen molar-refractivity contribution in [3.63, 3.8) is 0 Å². The van der Waals surface area contributed by atoms with Crippen LogP contribution in [0.3, 0.4) is 0 Å². The number of aromatic amines is 1. The lowest BCUT2D eigenvalue weighted by atomic mass is 10.2. The number of aromatic nitrogens is 1.